The third-order valence-electron chi connectivity index (χ3n) is 7.29. The highest BCUT2D eigenvalue weighted by Crippen LogP contribution is 2.42. The number of carbonyl (C=O) groups excluding carboxylic acids is 2. The Hall–Kier alpha value is -4.80. The van der Waals surface area contributed by atoms with Crippen LogP contribution in [0, 0.1) is 5.82 Å². The predicted octanol–water partition coefficient (Wildman–Crippen LogP) is 5.11. The molecule has 0 radical (unpaired) electrons. The van der Waals surface area contributed by atoms with Gasteiger partial charge in [0.2, 0.25) is 0 Å². The Morgan fingerprint density at radius 1 is 1.07 bits per heavy atom. The predicted molar refractivity (Wildman–Crippen MR) is 147 cm³/mol. The number of aliphatic hydroxyl groups is 1. The molecule has 0 saturated heterocycles. The molecule has 0 saturated carbocycles. The lowest BCUT2D eigenvalue weighted by atomic mass is 9.93. The topological polar surface area (TPSA) is 112 Å². The number of aliphatic hydroxyl groups excluding tert-OH is 1. The number of nitrogens with zero attached hydrogens (tertiary/aromatic N) is 4. The molecule has 3 N–H and O–H groups in total. The molecule has 7 rings (SSSR count). The number of hydrogen-bond acceptors (Lipinski definition) is 5. The van der Waals surface area contributed by atoms with E-state index >= 15 is 0 Å². The van der Waals surface area contributed by atoms with Gasteiger partial charge in [-0.1, -0.05) is 29.8 Å². The molecule has 0 bridgehead atoms. The maximum absolute atomic E-state index is 14.3. The molecule has 9 nitrogen and oxygen atoms in total. The number of urea groups is 1. The van der Waals surface area contributed by atoms with E-state index < -0.39 is 24.0 Å². The van der Waals surface area contributed by atoms with E-state index in [0.29, 0.717) is 44.8 Å². The number of rotatable bonds is 3. The summed E-state index contributed by atoms with van der Waals surface area (Å²) in [4.78, 5) is 32.5. The molecule has 2 aliphatic heterocycles. The average molecular weight is 555 g/mol. The third-order valence-corrected chi connectivity index (χ3v) is 7.64. The molecule has 5 aromatic rings. The SMILES string of the molecule is O=C1N[C@H](c2cc(F)ccc2Cl)c2c(NC(=O)N3C[C@@H](O)c4ccccc43)cc(-c3ccc4ncnn4c3)cc21. The fourth-order valence-electron chi connectivity index (χ4n) is 5.42. The molecule has 4 heterocycles. The number of pyridine rings is 1. The van der Waals surface area contributed by atoms with E-state index in [0.717, 1.165) is 5.56 Å². The van der Waals surface area contributed by atoms with Gasteiger partial charge in [0.1, 0.15) is 12.1 Å². The molecule has 0 spiro atoms. The standard InChI is InChI=1S/C29H20ClFN6O3/c30-21-7-6-17(31)11-19(21)27-26-20(28(39)35-27)9-16(15-5-8-25-32-14-33-37(25)12-15)10-22(26)34-29(40)36-13-24(38)18-3-1-2-4-23(18)36/h1-12,14,24,27,38H,13H2,(H,34,40)(H,35,39)/t24-,27-/m1/s1. The summed E-state index contributed by atoms with van der Waals surface area (Å²) in [6.07, 6.45) is 2.39. The highest BCUT2D eigenvalue weighted by molar-refractivity contribution is 6.31. The van der Waals surface area contributed by atoms with Crippen molar-refractivity contribution >= 4 is 40.6 Å². The van der Waals surface area contributed by atoms with Crippen molar-refractivity contribution in [3.8, 4) is 11.1 Å². The van der Waals surface area contributed by atoms with Gasteiger partial charge in [0.15, 0.2) is 5.65 Å². The lowest BCUT2D eigenvalue weighted by molar-refractivity contribution is 0.0960. The van der Waals surface area contributed by atoms with E-state index in [1.165, 1.54) is 29.4 Å². The lowest BCUT2D eigenvalue weighted by Crippen LogP contribution is -2.34. The van der Waals surface area contributed by atoms with Crippen molar-refractivity contribution in [2.75, 3.05) is 16.8 Å². The van der Waals surface area contributed by atoms with Gasteiger partial charge in [-0.25, -0.2) is 18.7 Å². The van der Waals surface area contributed by atoms with Crippen LogP contribution in [0.1, 0.15) is 39.2 Å². The van der Waals surface area contributed by atoms with Gasteiger partial charge in [-0.05, 0) is 54.1 Å². The average Bonchev–Trinajstić information content (AvgIpc) is 3.65. The summed E-state index contributed by atoms with van der Waals surface area (Å²) < 4.78 is 15.9. The Morgan fingerprint density at radius 3 is 2.80 bits per heavy atom. The monoisotopic (exact) mass is 554 g/mol. The van der Waals surface area contributed by atoms with Crippen LogP contribution in [0.3, 0.4) is 0 Å². The Balaban J connectivity index is 1.37. The molecule has 3 amide bonds. The third kappa shape index (κ3) is 3.88. The van der Waals surface area contributed by atoms with Crippen LogP contribution in [-0.2, 0) is 0 Å². The quantitative estimate of drug-likeness (QED) is 0.287. The minimum absolute atomic E-state index is 0.0758. The van der Waals surface area contributed by atoms with Gasteiger partial charge in [-0.2, -0.15) is 5.10 Å². The lowest BCUT2D eigenvalue weighted by Gasteiger charge is -2.22. The van der Waals surface area contributed by atoms with E-state index in [9.17, 15) is 19.1 Å². The highest BCUT2D eigenvalue weighted by Gasteiger charge is 2.36. The Morgan fingerprint density at radius 2 is 1.93 bits per heavy atom. The molecule has 0 fully saturated rings. The summed E-state index contributed by atoms with van der Waals surface area (Å²) >= 11 is 6.44. The number of nitrogens with one attached hydrogen (secondary N) is 2. The minimum Gasteiger partial charge on any atom is -0.386 e. The van der Waals surface area contributed by atoms with Crippen molar-refractivity contribution in [1.29, 1.82) is 0 Å². The molecule has 0 aliphatic carbocycles. The number of carbonyl (C=O) groups is 2. The second-order valence-corrected chi connectivity index (χ2v) is 10.1. The normalized spacial score (nSPS) is 17.6. The fourth-order valence-corrected chi connectivity index (χ4v) is 5.65. The van der Waals surface area contributed by atoms with Crippen LogP contribution in [0.25, 0.3) is 16.8 Å². The zero-order chi connectivity index (χ0) is 27.5. The number of para-hydroxylation sites is 1. The van der Waals surface area contributed by atoms with Crippen molar-refractivity contribution in [2.24, 2.45) is 0 Å². The summed E-state index contributed by atoms with van der Waals surface area (Å²) in [5.74, 6) is -0.894. The first kappa shape index (κ1) is 24.3. The van der Waals surface area contributed by atoms with Crippen LogP contribution in [-0.4, -0.2) is 38.2 Å². The summed E-state index contributed by atoms with van der Waals surface area (Å²) in [5, 5.41) is 20.8. The first-order valence-corrected chi connectivity index (χ1v) is 12.8. The number of amides is 3. The van der Waals surface area contributed by atoms with E-state index in [-0.39, 0.29) is 17.5 Å². The molecular weight excluding hydrogens is 535 g/mol. The van der Waals surface area contributed by atoms with Gasteiger partial charge in [0.25, 0.3) is 5.91 Å². The second-order valence-electron chi connectivity index (χ2n) is 9.65. The van der Waals surface area contributed by atoms with Gasteiger partial charge in [-0.3, -0.25) is 9.69 Å². The summed E-state index contributed by atoms with van der Waals surface area (Å²) in [7, 11) is 0. The van der Waals surface area contributed by atoms with Crippen molar-refractivity contribution in [2.45, 2.75) is 12.1 Å². The summed E-state index contributed by atoms with van der Waals surface area (Å²) in [6, 6.07) is 16.9. The van der Waals surface area contributed by atoms with Gasteiger partial charge >= 0.3 is 6.03 Å². The largest absolute Gasteiger partial charge is 0.386 e. The van der Waals surface area contributed by atoms with E-state index in [1.54, 1.807) is 53.2 Å². The first-order chi connectivity index (χ1) is 19.4. The number of aromatic nitrogens is 3. The smallest absolute Gasteiger partial charge is 0.326 e. The number of halogens is 2. The van der Waals surface area contributed by atoms with Crippen LogP contribution in [0.5, 0.6) is 0 Å². The summed E-state index contributed by atoms with van der Waals surface area (Å²) in [5.41, 5.74) is 4.77. The van der Waals surface area contributed by atoms with Crippen LogP contribution in [0.15, 0.2) is 79.3 Å². The second kappa shape index (κ2) is 9.15. The van der Waals surface area contributed by atoms with Crippen LogP contribution < -0.4 is 15.5 Å². The fraction of sp³-hybridized carbons (Fsp3) is 0.103. The molecule has 2 aliphatic rings. The maximum Gasteiger partial charge on any atom is 0.326 e. The van der Waals surface area contributed by atoms with E-state index in [2.05, 4.69) is 20.7 Å². The van der Waals surface area contributed by atoms with Crippen LogP contribution in [0.4, 0.5) is 20.6 Å². The zero-order valence-electron chi connectivity index (χ0n) is 20.7. The van der Waals surface area contributed by atoms with E-state index in [4.69, 9.17) is 11.6 Å². The van der Waals surface area contributed by atoms with Crippen LogP contribution in [0.2, 0.25) is 5.02 Å². The number of hydrogen-bond donors (Lipinski definition) is 3. The van der Waals surface area contributed by atoms with Crippen molar-refractivity contribution in [1.82, 2.24) is 19.9 Å². The van der Waals surface area contributed by atoms with Crippen molar-refractivity contribution < 1.29 is 19.1 Å². The minimum atomic E-state index is -0.824. The zero-order valence-corrected chi connectivity index (χ0v) is 21.4. The molecule has 2 aromatic heterocycles. The van der Waals surface area contributed by atoms with Crippen molar-refractivity contribution in [3.63, 3.8) is 0 Å². The molecule has 3 aromatic carbocycles. The Labute approximate surface area is 231 Å². The van der Waals surface area contributed by atoms with E-state index in [1.807, 2.05) is 6.07 Å². The summed E-state index contributed by atoms with van der Waals surface area (Å²) in [6.45, 7) is 0.0758. The number of anilines is 2. The molecule has 2 atom stereocenters. The Bertz CT molecular complexity index is 1860. The Kier molecular flexibility index (Phi) is 5.55. The number of benzene rings is 3. The first-order valence-electron chi connectivity index (χ1n) is 12.5. The maximum atomic E-state index is 14.3. The highest BCUT2D eigenvalue weighted by atomic mass is 35.5. The molecular formula is C29H20ClFN6O3. The molecule has 0 unspecified atom stereocenters. The van der Waals surface area contributed by atoms with Gasteiger partial charge in [0, 0.05) is 44.7 Å². The van der Waals surface area contributed by atoms with Gasteiger partial charge in [0.05, 0.1) is 24.4 Å². The van der Waals surface area contributed by atoms with Crippen molar-refractivity contribution in [3.05, 3.63) is 112 Å². The van der Waals surface area contributed by atoms with Gasteiger partial charge in [-0.15, -0.1) is 0 Å². The van der Waals surface area contributed by atoms with Crippen LogP contribution >= 0.6 is 11.6 Å². The molecule has 40 heavy (non-hydrogen) atoms. The molecule has 198 valence electrons. The molecule has 11 heteroatoms. The number of β-amino-alcohol motifs (C(OH)–C–C–N with tert-alkyl or cyclic N) is 1. The van der Waals surface area contributed by atoms with Gasteiger partial charge < -0.3 is 15.7 Å². The number of fused-ring (bicyclic) bond motifs is 3.